The van der Waals surface area contributed by atoms with Gasteiger partial charge < -0.3 is 15.0 Å². The van der Waals surface area contributed by atoms with Crippen molar-refractivity contribution in [2.75, 3.05) is 19.7 Å². The van der Waals surface area contributed by atoms with Crippen molar-refractivity contribution in [3.63, 3.8) is 0 Å². The molecule has 4 aliphatic rings. The fourth-order valence-corrected chi connectivity index (χ4v) is 7.30. The molecule has 1 N–H and O–H groups in total. The van der Waals surface area contributed by atoms with E-state index in [2.05, 4.69) is 45.9 Å². The molecule has 0 radical (unpaired) electrons. The van der Waals surface area contributed by atoms with Gasteiger partial charge in [0.15, 0.2) is 0 Å². The van der Waals surface area contributed by atoms with E-state index in [1.807, 2.05) is 11.0 Å². The number of benzene rings is 1. The van der Waals surface area contributed by atoms with Crippen LogP contribution in [0.2, 0.25) is 0 Å². The van der Waals surface area contributed by atoms with Gasteiger partial charge in [-0.3, -0.25) is 14.5 Å². The summed E-state index contributed by atoms with van der Waals surface area (Å²) in [6.07, 6.45) is 10.9. The first-order chi connectivity index (χ1) is 18.6. The minimum atomic E-state index is -0.749. The molecule has 6 nitrogen and oxygen atoms in total. The average Bonchev–Trinajstić information content (AvgIpc) is 3.63. The number of thiophene rings is 1. The predicted octanol–water partition coefficient (Wildman–Crippen LogP) is 5.37. The second-order valence-corrected chi connectivity index (χ2v) is 13.0. The Labute approximate surface area is 230 Å². The van der Waals surface area contributed by atoms with Gasteiger partial charge in [0, 0.05) is 24.5 Å². The summed E-state index contributed by atoms with van der Waals surface area (Å²) in [7, 11) is 0. The van der Waals surface area contributed by atoms with Crippen LogP contribution >= 0.6 is 11.3 Å². The Morgan fingerprint density at radius 3 is 2.37 bits per heavy atom. The van der Waals surface area contributed by atoms with Crippen LogP contribution in [0.25, 0.3) is 0 Å². The minimum absolute atomic E-state index is 0.0614. The van der Waals surface area contributed by atoms with Gasteiger partial charge in [-0.05, 0) is 73.1 Å². The lowest BCUT2D eigenvalue weighted by Gasteiger charge is -2.52. The van der Waals surface area contributed by atoms with Crippen molar-refractivity contribution in [1.82, 2.24) is 15.1 Å². The molecule has 1 spiro atoms. The van der Waals surface area contributed by atoms with E-state index >= 15 is 0 Å². The van der Waals surface area contributed by atoms with E-state index in [-0.39, 0.29) is 17.9 Å². The maximum atomic E-state index is 13.9. The second kappa shape index (κ2) is 11.4. The number of amides is 2. The Balaban J connectivity index is 1.11. The van der Waals surface area contributed by atoms with Crippen molar-refractivity contribution in [1.29, 1.82) is 0 Å². The summed E-state index contributed by atoms with van der Waals surface area (Å²) < 4.78 is 5.89. The average molecular weight is 536 g/mol. The van der Waals surface area contributed by atoms with Crippen molar-refractivity contribution >= 4 is 23.2 Å². The van der Waals surface area contributed by atoms with Gasteiger partial charge in [-0.2, -0.15) is 0 Å². The molecule has 1 aromatic carbocycles. The summed E-state index contributed by atoms with van der Waals surface area (Å²) in [5.74, 6) is 2.43. The van der Waals surface area contributed by atoms with Crippen LogP contribution in [0.15, 0.2) is 41.8 Å². The number of carbonyl (C=O) groups excluding carboxylic acids is 2. The zero-order chi connectivity index (χ0) is 26.0. The highest BCUT2D eigenvalue weighted by Crippen LogP contribution is 2.37. The summed E-state index contributed by atoms with van der Waals surface area (Å²) in [6, 6.07) is 12.2. The van der Waals surface area contributed by atoms with Gasteiger partial charge in [0.1, 0.15) is 17.3 Å². The highest BCUT2D eigenvalue weighted by atomic mass is 32.1. The minimum Gasteiger partial charge on any atom is -0.493 e. The first kappa shape index (κ1) is 25.9. The van der Waals surface area contributed by atoms with Crippen molar-refractivity contribution < 1.29 is 14.3 Å². The van der Waals surface area contributed by atoms with Gasteiger partial charge in [0.05, 0.1) is 13.2 Å². The number of hydrogen-bond donors (Lipinski definition) is 1. The lowest BCUT2D eigenvalue weighted by Crippen LogP contribution is -2.72. The molecule has 3 heterocycles. The molecular formula is C31H41N3O3S. The predicted molar refractivity (Wildman–Crippen MR) is 150 cm³/mol. The van der Waals surface area contributed by atoms with E-state index in [1.54, 1.807) is 11.3 Å². The number of nitrogens with one attached hydrogen (secondary N) is 1. The Kier molecular flexibility index (Phi) is 7.75. The molecule has 7 heteroatoms. The normalized spacial score (nSPS) is 24.5. The molecular weight excluding hydrogens is 494 g/mol. The van der Waals surface area contributed by atoms with E-state index < -0.39 is 5.54 Å². The number of piperazine rings is 1. The van der Waals surface area contributed by atoms with Crippen LogP contribution in [-0.4, -0.2) is 52.9 Å². The zero-order valence-corrected chi connectivity index (χ0v) is 23.2. The third-order valence-corrected chi connectivity index (χ3v) is 10.1. The Morgan fingerprint density at radius 2 is 1.68 bits per heavy atom. The van der Waals surface area contributed by atoms with E-state index in [0.717, 1.165) is 49.2 Å². The van der Waals surface area contributed by atoms with E-state index in [0.29, 0.717) is 25.3 Å². The fraction of sp³-hybridized carbons (Fsp3) is 0.613. The lowest BCUT2D eigenvalue weighted by molar-refractivity contribution is -0.162. The number of rotatable bonds is 9. The first-order valence-electron chi connectivity index (χ1n) is 14.7. The number of likely N-dealkylation sites (tertiary alicyclic amines) is 1. The van der Waals surface area contributed by atoms with Crippen LogP contribution in [0.4, 0.5) is 0 Å². The van der Waals surface area contributed by atoms with Gasteiger partial charge in [-0.25, -0.2) is 0 Å². The molecule has 2 aliphatic heterocycles. The summed E-state index contributed by atoms with van der Waals surface area (Å²) in [5, 5.41) is 5.28. The van der Waals surface area contributed by atoms with E-state index in [1.165, 1.54) is 50.5 Å². The van der Waals surface area contributed by atoms with Crippen LogP contribution in [0.5, 0.6) is 5.75 Å². The van der Waals surface area contributed by atoms with E-state index in [4.69, 9.17) is 4.74 Å². The molecule has 2 aromatic rings. The van der Waals surface area contributed by atoms with E-state index in [9.17, 15) is 9.59 Å². The lowest BCUT2D eigenvalue weighted by atomic mass is 9.79. The molecule has 6 rings (SSSR count). The van der Waals surface area contributed by atoms with Gasteiger partial charge in [-0.15, -0.1) is 11.3 Å². The third kappa shape index (κ3) is 5.79. The summed E-state index contributed by atoms with van der Waals surface area (Å²) in [4.78, 5) is 33.3. The quantitative estimate of drug-likeness (QED) is 0.469. The molecule has 1 aromatic heterocycles. The van der Waals surface area contributed by atoms with Gasteiger partial charge in [0.2, 0.25) is 11.8 Å². The zero-order valence-electron chi connectivity index (χ0n) is 22.4. The third-order valence-electron chi connectivity index (χ3n) is 9.19. The van der Waals surface area contributed by atoms with Gasteiger partial charge in [0.25, 0.3) is 0 Å². The topological polar surface area (TPSA) is 61.9 Å². The van der Waals surface area contributed by atoms with Crippen LogP contribution in [0.3, 0.4) is 0 Å². The summed E-state index contributed by atoms with van der Waals surface area (Å²) >= 11 is 1.67. The SMILES string of the molecule is O=C1C(CC2CCCCC2)NC(=O)C2(CCN(Cc3ccc(OCC4CC4)cc3)CC2)N1Cc1cccs1. The number of carbonyl (C=O) groups is 2. The van der Waals surface area contributed by atoms with Gasteiger partial charge in [-0.1, -0.05) is 50.3 Å². The Hall–Kier alpha value is -2.38. The van der Waals surface area contributed by atoms with Crippen LogP contribution in [0, 0.1) is 11.8 Å². The number of ether oxygens (including phenoxy) is 1. The Morgan fingerprint density at radius 1 is 0.921 bits per heavy atom. The largest absolute Gasteiger partial charge is 0.493 e. The smallest absolute Gasteiger partial charge is 0.246 e. The van der Waals surface area contributed by atoms with Crippen molar-refractivity contribution in [3.8, 4) is 5.75 Å². The maximum absolute atomic E-state index is 13.9. The Bertz CT molecular complexity index is 1080. The molecule has 1 atom stereocenters. The van der Waals surface area contributed by atoms with Crippen LogP contribution < -0.4 is 10.1 Å². The molecule has 2 aliphatic carbocycles. The highest BCUT2D eigenvalue weighted by Gasteiger charge is 2.53. The summed E-state index contributed by atoms with van der Waals surface area (Å²) in [6.45, 7) is 3.82. The molecule has 2 saturated heterocycles. The maximum Gasteiger partial charge on any atom is 0.246 e. The molecule has 1 unspecified atom stereocenters. The van der Waals surface area contributed by atoms with Crippen molar-refractivity contribution in [3.05, 3.63) is 52.2 Å². The first-order valence-corrected chi connectivity index (χ1v) is 15.6. The van der Waals surface area contributed by atoms with Crippen LogP contribution in [-0.2, 0) is 22.7 Å². The van der Waals surface area contributed by atoms with Crippen molar-refractivity contribution in [2.45, 2.75) is 88.9 Å². The molecule has 38 heavy (non-hydrogen) atoms. The highest BCUT2D eigenvalue weighted by molar-refractivity contribution is 7.09. The van der Waals surface area contributed by atoms with Crippen LogP contribution in [0.1, 0.15) is 74.6 Å². The van der Waals surface area contributed by atoms with Gasteiger partial charge >= 0.3 is 0 Å². The summed E-state index contributed by atoms with van der Waals surface area (Å²) in [5.41, 5.74) is 0.508. The molecule has 0 bridgehead atoms. The second-order valence-electron chi connectivity index (χ2n) is 12.0. The number of piperidine rings is 1. The fourth-order valence-electron chi connectivity index (χ4n) is 6.61. The molecule has 204 valence electrons. The monoisotopic (exact) mass is 535 g/mol. The van der Waals surface area contributed by atoms with Crippen molar-refractivity contribution in [2.24, 2.45) is 11.8 Å². The number of nitrogens with zero attached hydrogens (tertiary/aromatic N) is 2. The number of hydrogen-bond acceptors (Lipinski definition) is 5. The standard InChI is InChI=1S/C31H41N3O3S/c35-29-28(19-23-5-2-1-3-6-23)32-30(36)31(34(29)21-27-7-4-18-38-27)14-16-33(17-15-31)20-24-10-12-26(13-11-24)37-22-25-8-9-25/h4,7,10-13,18,23,25,28H,1-3,5-6,8-9,14-17,19-22H2,(H,32,36). The molecule has 2 saturated carbocycles. The molecule has 4 fully saturated rings. The molecule has 2 amide bonds.